The number of rotatable bonds is 4. The highest BCUT2D eigenvalue weighted by Crippen LogP contribution is 2.37. The molecule has 0 saturated carbocycles. The maximum Gasteiger partial charge on any atom is 0.250 e. The van der Waals surface area contributed by atoms with E-state index in [1.807, 2.05) is 30.3 Å². The summed E-state index contributed by atoms with van der Waals surface area (Å²) in [6, 6.07) is 14.6. The molecular formula is C22H27N3O3. The number of likely N-dealkylation sites (tertiary alicyclic amines) is 2. The molecule has 2 aliphatic rings. The van der Waals surface area contributed by atoms with E-state index in [1.54, 1.807) is 23.2 Å². The van der Waals surface area contributed by atoms with Gasteiger partial charge in [-0.05, 0) is 44.0 Å². The highest BCUT2D eigenvalue weighted by molar-refractivity contribution is 5.76. The Bertz CT molecular complexity index is 876. The van der Waals surface area contributed by atoms with E-state index in [2.05, 4.69) is 4.90 Å². The van der Waals surface area contributed by atoms with Gasteiger partial charge in [-0.15, -0.1) is 0 Å². The van der Waals surface area contributed by atoms with Gasteiger partial charge in [0.15, 0.2) is 0 Å². The van der Waals surface area contributed by atoms with Crippen LogP contribution in [-0.4, -0.2) is 57.6 Å². The molecule has 1 aromatic carbocycles. The summed E-state index contributed by atoms with van der Waals surface area (Å²) in [7, 11) is 0. The molecule has 3 heterocycles. The highest BCUT2D eigenvalue weighted by atomic mass is 16.3. The standard InChI is InChI=1S/C22H27N3O3/c26-20-10-4-5-14-24(20)17-21(27)25-15-11-22(28,18-8-2-1-3-9-18)19(16-25)23-12-6-7-13-23/h1-5,8-10,14,19,28H,6-7,11-13,15-17H2/t19-,22+/m1/s1. The number of benzene rings is 1. The molecule has 0 spiro atoms. The largest absolute Gasteiger partial charge is 0.383 e. The normalized spacial score (nSPS) is 25.8. The minimum Gasteiger partial charge on any atom is -0.383 e. The van der Waals surface area contributed by atoms with Crippen LogP contribution in [0.15, 0.2) is 59.5 Å². The molecule has 4 rings (SSSR count). The van der Waals surface area contributed by atoms with E-state index in [0.29, 0.717) is 19.5 Å². The van der Waals surface area contributed by atoms with Crippen LogP contribution in [0.2, 0.25) is 0 Å². The Hall–Kier alpha value is -2.44. The van der Waals surface area contributed by atoms with Crippen molar-refractivity contribution in [2.45, 2.75) is 37.5 Å². The average molecular weight is 381 g/mol. The van der Waals surface area contributed by atoms with Crippen molar-refractivity contribution in [2.24, 2.45) is 0 Å². The molecule has 1 aromatic heterocycles. The molecule has 148 valence electrons. The number of carbonyl (C=O) groups is 1. The summed E-state index contributed by atoms with van der Waals surface area (Å²) in [6.07, 6.45) is 4.37. The zero-order valence-corrected chi connectivity index (χ0v) is 16.0. The Labute approximate surface area is 165 Å². The molecule has 1 N–H and O–H groups in total. The highest BCUT2D eigenvalue weighted by Gasteiger charge is 2.47. The van der Waals surface area contributed by atoms with E-state index in [1.165, 1.54) is 10.6 Å². The van der Waals surface area contributed by atoms with E-state index in [4.69, 9.17) is 0 Å². The molecule has 1 amide bonds. The second-order valence-corrected chi connectivity index (χ2v) is 7.81. The lowest BCUT2D eigenvalue weighted by molar-refractivity contribution is -0.143. The Morgan fingerprint density at radius 2 is 1.75 bits per heavy atom. The SMILES string of the molecule is O=C(Cn1ccccc1=O)N1CC[C@](O)(c2ccccc2)[C@H](N2CCCC2)C1. The number of amides is 1. The van der Waals surface area contributed by atoms with Gasteiger partial charge in [0.2, 0.25) is 5.91 Å². The monoisotopic (exact) mass is 381 g/mol. The van der Waals surface area contributed by atoms with E-state index in [0.717, 1.165) is 31.5 Å². The molecule has 0 aliphatic carbocycles. The molecule has 2 saturated heterocycles. The van der Waals surface area contributed by atoms with Gasteiger partial charge in [0.25, 0.3) is 5.56 Å². The second-order valence-electron chi connectivity index (χ2n) is 7.81. The fraction of sp³-hybridized carbons (Fsp3) is 0.455. The first-order valence-corrected chi connectivity index (χ1v) is 10.0. The molecule has 2 atom stereocenters. The Morgan fingerprint density at radius 3 is 2.46 bits per heavy atom. The molecule has 2 aromatic rings. The van der Waals surface area contributed by atoms with Gasteiger partial charge in [0.05, 0.1) is 6.04 Å². The van der Waals surface area contributed by atoms with Crippen LogP contribution < -0.4 is 5.56 Å². The number of hydrogen-bond acceptors (Lipinski definition) is 4. The number of aromatic nitrogens is 1. The van der Waals surface area contributed by atoms with Gasteiger partial charge in [-0.25, -0.2) is 0 Å². The predicted molar refractivity (Wildman–Crippen MR) is 107 cm³/mol. The van der Waals surface area contributed by atoms with Crippen molar-refractivity contribution < 1.29 is 9.90 Å². The van der Waals surface area contributed by atoms with Crippen molar-refractivity contribution in [3.8, 4) is 0 Å². The number of hydrogen-bond donors (Lipinski definition) is 1. The van der Waals surface area contributed by atoms with E-state index in [9.17, 15) is 14.7 Å². The van der Waals surface area contributed by atoms with Crippen LogP contribution >= 0.6 is 0 Å². The third kappa shape index (κ3) is 3.62. The molecule has 2 fully saturated rings. The quantitative estimate of drug-likeness (QED) is 0.870. The van der Waals surface area contributed by atoms with Crippen LogP contribution in [0.4, 0.5) is 0 Å². The summed E-state index contributed by atoms with van der Waals surface area (Å²) in [6.45, 7) is 2.89. The van der Waals surface area contributed by atoms with Crippen LogP contribution in [-0.2, 0) is 16.9 Å². The third-order valence-electron chi connectivity index (χ3n) is 6.12. The molecule has 0 unspecified atom stereocenters. The number of piperidine rings is 1. The summed E-state index contributed by atoms with van der Waals surface area (Å²) in [5, 5.41) is 11.7. The van der Waals surface area contributed by atoms with Crippen molar-refractivity contribution in [1.82, 2.24) is 14.4 Å². The number of aliphatic hydroxyl groups is 1. The van der Waals surface area contributed by atoms with Crippen LogP contribution in [0.1, 0.15) is 24.8 Å². The van der Waals surface area contributed by atoms with Crippen molar-refractivity contribution in [3.05, 3.63) is 70.6 Å². The first-order chi connectivity index (χ1) is 13.6. The fourth-order valence-electron chi connectivity index (χ4n) is 4.52. The summed E-state index contributed by atoms with van der Waals surface area (Å²) >= 11 is 0. The van der Waals surface area contributed by atoms with Crippen molar-refractivity contribution in [3.63, 3.8) is 0 Å². The van der Waals surface area contributed by atoms with Gasteiger partial charge in [0.1, 0.15) is 12.1 Å². The molecule has 0 radical (unpaired) electrons. The number of carbonyl (C=O) groups excluding carboxylic acids is 1. The smallest absolute Gasteiger partial charge is 0.250 e. The third-order valence-corrected chi connectivity index (χ3v) is 6.12. The van der Waals surface area contributed by atoms with Crippen molar-refractivity contribution in [1.29, 1.82) is 0 Å². The first-order valence-electron chi connectivity index (χ1n) is 10.0. The van der Waals surface area contributed by atoms with Crippen LogP contribution in [0.5, 0.6) is 0 Å². The van der Waals surface area contributed by atoms with E-state index < -0.39 is 5.60 Å². The van der Waals surface area contributed by atoms with Crippen LogP contribution in [0.3, 0.4) is 0 Å². The topological polar surface area (TPSA) is 65.8 Å². The molecule has 6 heteroatoms. The summed E-state index contributed by atoms with van der Waals surface area (Å²) in [4.78, 5) is 29.0. The predicted octanol–water partition coefficient (Wildman–Crippen LogP) is 1.43. The maximum absolute atomic E-state index is 12.9. The lowest BCUT2D eigenvalue weighted by atomic mass is 9.79. The van der Waals surface area contributed by atoms with E-state index >= 15 is 0 Å². The first kappa shape index (κ1) is 18.9. The van der Waals surface area contributed by atoms with Gasteiger partial charge in [0, 0.05) is 25.4 Å². The van der Waals surface area contributed by atoms with E-state index in [-0.39, 0.29) is 24.1 Å². The molecule has 0 bridgehead atoms. The van der Waals surface area contributed by atoms with Crippen LogP contribution in [0, 0.1) is 0 Å². The molecule has 2 aliphatic heterocycles. The van der Waals surface area contributed by atoms with Crippen molar-refractivity contribution >= 4 is 5.91 Å². The van der Waals surface area contributed by atoms with Gasteiger partial charge in [-0.1, -0.05) is 36.4 Å². The fourth-order valence-corrected chi connectivity index (χ4v) is 4.52. The van der Waals surface area contributed by atoms with Crippen molar-refractivity contribution in [2.75, 3.05) is 26.2 Å². The Morgan fingerprint density at radius 1 is 1.04 bits per heavy atom. The molecule has 28 heavy (non-hydrogen) atoms. The zero-order valence-electron chi connectivity index (χ0n) is 16.0. The lowest BCUT2D eigenvalue weighted by Crippen LogP contribution is -2.61. The van der Waals surface area contributed by atoms with Crippen LogP contribution in [0.25, 0.3) is 0 Å². The number of pyridine rings is 1. The summed E-state index contributed by atoms with van der Waals surface area (Å²) in [5.74, 6) is -0.0763. The zero-order chi connectivity index (χ0) is 19.6. The van der Waals surface area contributed by atoms with Gasteiger partial charge in [-0.2, -0.15) is 0 Å². The van der Waals surface area contributed by atoms with Gasteiger partial charge < -0.3 is 14.6 Å². The summed E-state index contributed by atoms with van der Waals surface area (Å²) in [5.41, 5.74) is -0.227. The Kier molecular flexibility index (Phi) is 5.33. The minimum absolute atomic E-state index is 0.0379. The van der Waals surface area contributed by atoms with Gasteiger partial charge >= 0.3 is 0 Å². The summed E-state index contributed by atoms with van der Waals surface area (Å²) < 4.78 is 1.44. The second kappa shape index (κ2) is 7.89. The molecular weight excluding hydrogens is 354 g/mol. The minimum atomic E-state index is -0.966. The average Bonchev–Trinajstić information content (AvgIpc) is 3.25. The lowest BCUT2D eigenvalue weighted by Gasteiger charge is -2.48. The maximum atomic E-state index is 12.9. The van der Waals surface area contributed by atoms with Gasteiger partial charge in [-0.3, -0.25) is 14.5 Å². The molecule has 6 nitrogen and oxygen atoms in total. The number of nitrogens with zero attached hydrogens (tertiary/aromatic N) is 3. The Balaban J connectivity index is 1.56.